The fraction of sp³-hybridized carbons (Fsp3) is 0.429. The van der Waals surface area contributed by atoms with Gasteiger partial charge in [0, 0.05) is 11.4 Å². The summed E-state index contributed by atoms with van der Waals surface area (Å²) in [6.07, 6.45) is 1.59. The number of carboxylic acid groups (broad SMARTS) is 1. The van der Waals surface area contributed by atoms with Gasteiger partial charge in [0.25, 0.3) is 0 Å². The Labute approximate surface area is 164 Å². The largest absolute Gasteiger partial charge is 0.480 e. The van der Waals surface area contributed by atoms with Gasteiger partial charge < -0.3 is 10.0 Å². The molecule has 2 aromatic rings. The second-order valence-electron chi connectivity index (χ2n) is 7.03. The van der Waals surface area contributed by atoms with Crippen molar-refractivity contribution in [2.75, 3.05) is 13.1 Å². The summed E-state index contributed by atoms with van der Waals surface area (Å²) >= 11 is 1.74. The molecular weight excluding hydrogens is 360 g/mol. The lowest BCUT2D eigenvalue weighted by atomic mass is 9.93. The molecule has 1 aromatic heterocycles. The summed E-state index contributed by atoms with van der Waals surface area (Å²) in [6, 6.07) is 11.3. The molecule has 1 aliphatic heterocycles. The molecule has 0 bridgehead atoms. The zero-order valence-electron chi connectivity index (χ0n) is 15.7. The predicted molar refractivity (Wildman–Crippen MR) is 107 cm³/mol. The Bertz CT molecular complexity index is 790. The fourth-order valence-corrected chi connectivity index (χ4v) is 4.55. The van der Waals surface area contributed by atoms with Crippen molar-refractivity contribution in [1.29, 1.82) is 0 Å². The van der Waals surface area contributed by atoms with Gasteiger partial charge >= 0.3 is 5.97 Å². The summed E-state index contributed by atoms with van der Waals surface area (Å²) in [4.78, 5) is 27.7. The zero-order chi connectivity index (χ0) is 19.4. The fourth-order valence-electron chi connectivity index (χ4n) is 3.65. The number of hydrogen-bond donors (Lipinski definition) is 2. The van der Waals surface area contributed by atoms with Gasteiger partial charge in [-0.25, -0.2) is 0 Å². The first kappa shape index (κ1) is 19.6. The second-order valence-corrected chi connectivity index (χ2v) is 8.03. The zero-order valence-corrected chi connectivity index (χ0v) is 16.5. The topological polar surface area (TPSA) is 69.6 Å². The Balaban J connectivity index is 1.80. The summed E-state index contributed by atoms with van der Waals surface area (Å²) in [5.41, 5.74) is 2.27. The number of fused-ring (bicyclic) bond motifs is 1. The highest BCUT2D eigenvalue weighted by molar-refractivity contribution is 7.10. The van der Waals surface area contributed by atoms with Crippen molar-refractivity contribution in [1.82, 2.24) is 10.2 Å². The van der Waals surface area contributed by atoms with Gasteiger partial charge in [0.05, 0.1) is 12.6 Å². The molecule has 0 saturated carbocycles. The first-order valence-corrected chi connectivity index (χ1v) is 10.3. The lowest BCUT2D eigenvalue weighted by molar-refractivity contribution is -0.141. The molecule has 0 spiro atoms. The van der Waals surface area contributed by atoms with E-state index in [1.54, 1.807) is 11.3 Å². The summed E-state index contributed by atoms with van der Waals surface area (Å²) in [5.74, 6) is -1.00. The summed E-state index contributed by atoms with van der Waals surface area (Å²) in [7, 11) is 0. The molecule has 0 radical (unpaired) electrons. The average molecular weight is 387 g/mol. The lowest BCUT2D eigenvalue weighted by Gasteiger charge is -2.37. The maximum atomic E-state index is 13.0. The van der Waals surface area contributed by atoms with Gasteiger partial charge in [-0.05, 0) is 34.9 Å². The third-order valence-electron chi connectivity index (χ3n) is 5.35. The molecule has 3 rings (SSSR count). The van der Waals surface area contributed by atoms with Crippen molar-refractivity contribution in [3.8, 4) is 0 Å². The maximum Gasteiger partial charge on any atom is 0.320 e. The van der Waals surface area contributed by atoms with Crippen LogP contribution in [0.15, 0.2) is 41.8 Å². The first-order chi connectivity index (χ1) is 13.0. The number of hydrogen-bond acceptors (Lipinski definition) is 4. The van der Waals surface area contributed by atoms with Crippen molar-refractivity contribution >= 4 is 23.2 Å². The highest BCUT2D eigenvalue weighted by Gasteiger charge is 2.33. The van der Waals surface area contributed by atoms with E-state index in [0.717, 1.165) is 18.4 Å². The molecule has 0 saturated heterocycles. The van der Waals surface area contributed by atoms with E-state index in [0.29, 0.717) is 6.54 Å². The molecule has 2 heterocycles. The Kier molecular flexibility index (Phi) is 6.29. The smallest absolute Gasteiger partial charge is 0.320 e. The van der Waals surface area contributed by atoms with Crippen LogP contribution in [0, 0.1) is 5.92 Å². The van der Waals surface area contributed by atoms with Crippen LogP contribution in [0.5, 0.6) is 0 Å². The number of aliphatic carboxylic acids is 1. The summed E-state index contributed by atoms with van der Waals surface area (Å²) in [5, 5.41) is 14.5. The molecule has 1 aromatic carbocycles. The normalized spacial score (nSPS) is 18.6. The van der Waals surface area contributed by atoms with E-state index in [9.17, 15) is 14.7 Å². The minimum absolute atomic E-state index is 0.0319. The number of carbonyl (C=O) groups excluding carboxylic acids is 1. The highest BCUT2D eigenvalue weighted by atomic mass is 32.1. The predicted octanol–water partition coefficient (Wildman–Crippen LogP) is 3.31. The summed E-state index contributed by atoms with van der Waals surface area (Å²) in [6.45, 7) is 4.53. The average Bonchev–Trinajstić information content (AvgIpc) is 3.16. The molecule has 1 amide bonds. The molecule has 144 valence electrons. The van der Waals surface area contributed by atoms with E-state index in [-0.39, 0.29) is 24.4 Å². The van der Waals surface area contributed by atoms with Crippen LogP contribution in [0.3, 0.4) is 0 Å². The molecule has 0 fully saturated rings. The molecule has 5 nitrogen and oxygen atoms in total. The monoisotopic (exact) mass is 386 g/mol. The number of rotatable bonds is 7. The van der Waals surface area contributed by atoms with E-state index >= 15 is 0 Å². The van der Waals surface area contributed by atoms with Gasteiger partial charge in [-0.15, -0.1) is 11.3 Å². The van der Waals surface area contributed by atoms with Gasteiger partial charge in [0.2, 0.25) is 5.91 Å². The quantitative estimate of drug-likeness (QED) is 0.766. The van der Waals surface area contributed by atoms with Gasteiger partial charge in [-0.1, -0.05) is 50.6 Å². The maximum absolute atomic E-state index is 13.0. The molecule has 0 aliphatic carbocycles. The molecule has 2 N–H and O–H groups in total. The van der Waals surface area contributed by atoms with Crippen molar-refractivity contribution in [2.45, 2.75) is 38.8 Å². The molecule has 3 atom stereocenters. The van der Waals surface area contributed by atoms with E-state index in [2.05, 4.69) is 16.8 Å². The molecule has 1 unspecified atom stereocenters. The van der Waals surface area contributed by atoms with Crippen LogP contribution in [0.2, 0.25) is 0 Å². The highest BCUT2D eigenvalue weighted by Crippen LogP contribution is 2.37. The summed E-state index contributed by atoms with van der Waals surface area (Å²) < 4.78 is 0. The number of amides is 1. The van der Waals surface area contributed by atoms with Gasteiger partial charge in [0.1, 0.15) is 6.04 Å². The number of benzene rings is 1. The van der Waals surface area contributed by atoms with Crippen LogP contribution in [-0.4, -0.2) is 41.0 Å². The number of carbonyl (C=O) groups is 2. The van der Waals surface area contributed by atoms with Crippen LogP contribution in [0.1, 0.15) is 42.3 Å². The van der Waals surface area contributed by atoms with Crippen molar-refractivity contribution in [3.05, 3.63) is 57.8 Å². The third kappa shape index (κ3) is 4.22. The standard InChI is InChI=1S/C21H26N2O3S/c1-3-14(2)19(21(25)26)22-13-18(24)23-11-9-17-16(10-12-27-17)20(23)15-7-5-4-6-8-15/h4-8,10,12,14,19-20,22H,3,9,11,13H2,1-2H3,(H,25,26)/t14-,19-,20?/m0/s1. The molecule has 6 heteroatoms. The van der Waals surface area contributed by atoms with Crippen LogP contribution in [0.4, 0.5) is 0 Å². The Hall–Kier alpha value is -2.18. The molecular formula is C21H26N2O3S. The molecule has 27 heavy (non-hydrogen) atoms. The molecule has 1 aliphatic rings. The Morgan fingerprint density at radius 3 is 2.70 bits per heavy atom. The van der Waals surface area contributed by atoms with E-state index in [4.69, 9.17) is 0 Å². The number of thiophene rings is 1. The number of carboxylic acids is 1. The van der Waals surface area contributed by atoms with Crippen LogP contribution >= 0.6 is 11.3 Å². The van der Waals surface area contributed by atoms with Crippen molar-refractivity contribution in [3.63, 3.8) is 0 Å². The SMILES string of the molecule is CC[C@H](C)[C@H](NCC(=O)N1CCc2sccc2C1c1ccccc1)C(=O)O. The van der Waals surface area contributed by atoms with Crippen molar-refractivity contribution < 1.29 is 14.7 Å². The minimum Gasteiger partial charge on any atom is -0.480 e. The first-order valence-electron chi connectivity index (χ1n) is 9.39. The Morgan fingerprint density at radius 2 is 2.04 bits per heavy atom. The van der Waals surface area contributed by atoms with E-state index < -0.39 is 12.0 Å². The van der Waals surface area contributed by atoms with Gasteiger partial charge in [-0.2, -0.15) is 0 Å². The number of nitrogens with one attached hydrogen (secondary N) is 1. The Morgan fingerprint density at radius 1 is 1.30 bits per heavy atom. The minimum atomic E-state index is -0.907. The van der Waals surface area contributed by atoms with Gasteiger partial charge in [0.15, 0.2) is 0 Å². The van der Waals surface area contributed by atoms with Crippen LogP contribution < -0.4 is 5.32 Å². The van der Waals surface area contributed by atoms with Crippen LogP contribution in [0.25, 0.3) is 0 Å². The second kappa shape index (κ2) is 8.67. The van der Waals surface area contributed by atoms with E-state index in [1.807, 2.05) is 49.1 Å². The van der Waals surface area contributed by atoms with Gasteiger partial charge in [-0.3, -0.25) is 14.9 Å². The lowest BCUT2D eigenvalue weighted by Crippen LogP contribution is -2.49. The van der Waals surface area contributed by atoms with E-state index in [1.165, 1.54) is 10.4 Å². The van der Waals surface area contributed by atoms with Crippen LogP contribution in [-0.2, 0) is 16.0 Å². The van der Waals surface area contributed by atoms with Crippen molar-refractivity contribution in [2.24, 2.45) is 5.92 Å². The number of nitrogens with zero attached hydrogens (tertiary/aromatic N) is 1. The third-order valence-corrected chi connectivity index (χ3v) is 6.35.